The summed E-state index contributed by atoms with van der Waals surface area (Å²) in [7, 11) is 0. The highest BCUT2D eigenvalue weighted by molar-refractivity contribution is 9.10. The van der Waals surface area contributed by atoms with Crippen LogP contribution < -0.4 is 4.74 Å². The largest absolute Gasteiger partial charge is 0.483 e. The quantitative estimate of drug-likeness (QED) is 0.614. The molecule has 0 radical (unpaired) electrons. The minimum Gasteiger partial charge on any atom is -0.483 e. The molecular formula is C21H29BrN2O2. The molecule has 0 spiro atoms. The first-order valence-corrected chi connectivity index (χ1v) is 9.87. The summed E-state index contributed by atoms with van der Waals surface area (Å²) in [6.45, 7) is 14.7. The van der Waals surface area contributed by atoms with Gasteiger partial charge in [0.2, 0.25) is 0 Å². The van der Waals surface area contributed by atoms with Gasteiger partial charge in [-0.25, -0.2) is 4.68 Å². The monoisotopic (exact) mass is 420 g/mol. The summed E-state index contributed by atoms with van der Waals surface area (Å²) in [5.41, 5.74) is 4.26. The van der Waals surface area contributed by atoms with Crippen molar-refractivity contribution in [1.82, 2.24) is 9.78 Å². The highest BCUT2D eigenvalue weighted by atomic mass is 79.9. The van der Waals surface area contributed by atoms with Crippen LogP contribution in [-0.2, 0) is 5.41 Å². The van der Waals surface area contributed by atoms with Gasteiger partial charge in [-0.05, 0) is 70.8 Å². The van der Waals surface area contributed by atoms with Crippen LogP contribution in [0.5, 0.6) is 5.75 Å². The van der Waals surface area contributed by atoms with E-state index in [0.717, 1.165) is 27.8 Å². The van der Waals surface area contributed by atoms with Crippen molar-refractivity contribution in [2.45, 2.75) is 66.2 Å². The van der Waals surface area contributed by atoms with Gasteiger partial charge in [0.15, 0.2) is 6.61 Å². The van der Waals surface area contributed by atoms with Crippen LogP contribution in [0.3, 0.4) is 0 Å². The molecular weight excluding hydrogens is 392 g/mol. The molecule has 0 N–H and O–H groups in total. The number of halogens is 1. The second kappa shape index (κ2) is 7.95. The molecule has 2 rings (SSSR count). The first-order chi connectivity index (χ1) is 12.1. The number of rotatable bonds is 5. The molecule has 26 heavy (non-hydrogen) atoms. The minimum atomic E-state index is -0.160. The molecule has 1 aromatic heterocycles. The number of aryl methyl sites for hydroxylation is 1. The van der Waals surface area contributed by atoms with Crippen LogP contribution in [0.4, 0.5) is 0 Å². The molecule has 0 saturated carbocycles. The van der Waals surface area contributed by atoms with E-state index in [1.807, 2.05) is 32.0 Å². The Morgan fingerprint density at radius 3 is 2.50 bits per heavy atom. The highest BCUT2D eigenvalue weighted by Crippen LogP contribution is 2.31. The number of carbonyl (C=O) groups excluding carboxylic acids is 1. The van der Waals surface area contributed by atoms with Gasteiger partial charge in [0.25, 0.3) is 5.91 Å². The molecule has 0 aliphatic carbocycles. The Morgan fingerprint density at radius 1 is 1.31 bits per heavy atom. The Morgan fingerprint density at radius 2 is 1.96 bits per heavy atom. The van der Waals surface area contributed by atoms with E-state index in [9.17, 15) is 4.79 Å². The van der Waals surface area contributed by atoms with Crippen LogP contribution in [0.15, 0.2) is 22.7 Å². The fourth-order valence-corrected chi connectivity index (χ4v) is 3.59. The Balaban J connectivity index is 2.15. The van der Waals surface area contributed by atoms with E-state index in [0.29, 0.717) is 11.7 Å². The molecule has 142 valence electrons. The molecule has 0 amide bonds. The molecule has 1 unspecified atom stereocenters. The average Bonchev–Trinajstić information content (AvgIpc) is 2.86. The minimum absolute atomic E-state index is 0.0463. The lowest BCUT2D eigenvalue weighted by Gasteiger charge is -2.20. The van der Waals surface area contributed by atoms with E-state index in [-0.39, 0.29) is 17.9 Å². The first kappa shape index (κ1) is 20.7. The lowest BCUT2D eigenvalue weighted by Crippen LogP contribution is -2.22. The molecule has 0 fully saturated rings. The summed E-state index contributed by atoms with van der Waals surface area (Å²) >= 11 is 3.55. The maximum atomic E-state index is 12.6. The van der Waals surface area contributed by atoms with E-state index in [4.69, 9.17) is 4.74 Å². The van der Waals surface area contributed by atoms with Crippen molar-refractivity contribution >= 4 is 21.8 Å². The number of hydrogen-bond donors (Lipinski definition) is 0. The van der Waals surface area contributed by atoms with Gasteiger partial charge in [0, 0.05) is 5.69 Å². The number of benzene rings is 1. The fraction of sp³-hybridized carbons (Fsp3) is 0.524. The first-order valence-electron chi connectivity index (χ1n) is 9.08. The molecule has 5 heteroatoms. The lowest BCUT2D eigenvalue weighted by molar-refractivity contribution is 0.0817. The van der Waals surface area contributed by atoms with Crippen molar-refractivity contribution in [3.05, 3.63) is 45.2 Å². The van der Waals surface area contributed by atoms with Crippen LogP contribution in [-0.4, -0.2) is 22.3 Å². The van der Waals surface area contributed by atoms with Crippen LogP contribution in [0.1, 0.15) is 74.3 Å². The van der Waals surface area contributed by atoms with E-state index in [2.05, 4.69) is 55.6 Å². The van der Waals surface area contributed by atoms with Gasteiger partial charge in [0.1, 0.15) is 5.75 Å². The molecule has 1 heterocycles. The van der Waals surface area contributed by atoms with Gasteiger partial charge in [-0.3, -0.25) is 4.79 Å². The molecule has 2 aromatic rings. The van der Waals surface area contributed by atoms with Crippen LogP contribution in [0, 0.1) is 13.8 Å². The SMILES string of the molecule is CCC(C)c1c(C)nn(C(=O)COc2ccc(C(C)(C)C)cc2Br)c1C. The van der Waals surface area contributed by atoms with Crippen molar-refractivity contribution in [3.63, 3.8) is 0 Å². The Bertz CT molecular complexity index is 803. The van der Waals surface area contributed by atoms with Gasteiger partial charge in [-0.2, -0.15) is 5.10 Å². The second-order valence-corrected chi connectivity index (χ2v) is 8.74. The Kier molecular flexibility index (Phi) is 6.33. The zero-order valence-corrected chi connectivity index (χ0v) is 18.4. The maximum absolute atomic E-state index is 12.6. The summed E-state index contributed by atoms with van der Waals surface area (Å²) in [5, 5.41) is 4.44. The predicted molar refractivity (Wildman–Crippen MR) is 109 cm³/mol. The molecule has 4 nitrogen and oxygen atoms in total. The molecule has 0 aliphatic rings. The van der Waals surface area contributed by atoms with Crippen molar-refractivity contribution in [2.75, 3.05) is 6.61 Å². The topological polar surface area (TPSA) is 44.1 Å². The van der Waals surface area contributed by atoms with Gasteiger partial charge in [-0.15, -0.1) is 0 Å². The fourth-order valence-electron chi connectivity index (χ4n) is 3.10. The van der Waals surface area contributed by atoms with Gasteiger partial charge in [0.05, 0.1) is 10.2 Å². The summed E-state index contributed by atoms with van der Waals surface area (Å²) in [4.78, 5) is 12.6. The summed E-state index contributed by atoms with van der Waals surface area (Å²) in [6.07, 6.45) is 1.02. The van der Waals surface area contributed by atoms with Crippen molar-refractivity contribution < 1.29 is 9.53 Å². The Hall–Kier alpha value is -1.62. The Labute approximate surface area is 165 Å². The highest BCUT2D eigenvalue weighted by Gasteiger charge is 2.21. The average molecular weight is 421 g/mol. The number of nitrogens with zero attached hydrogens (tertiary/aromatic N) is 2. The van der Waals surface area contributed by atoms with Crippen LogP contribution >= 0.6 is 15.9 Å². The number of carbonyl (C=O) groups is 1. The van der Waals surface area contributed by atoms with Gasteiger partial charge in [-0.1, -0.05) is 40.7 Å². The van der Waals surface area contributed by atoms with E-state index in [1.54, 1.807) is 0 Å². The zero-order chi connectivity index (χ0) is 19.6. The van der Waals surface area contributed by atoms with E-state index in [1.165, 1.54) is 10.2 Å². The zero-order valence-electron chi connectivity index (χ0n) is 16.8. The molecule has 0 aliphatic heterocycles. The maximum Gasteiger partial charge on any atom is 0.284 e. The molecule has 0 bridgehead atoms. The smallest absolute Gasteiger partial charge is 0.284 e. The summed E-state index contributed by atoms with van der Waals surface area (Å²) in [6, 6.07) is 5.99. The summed E-state index contributed by atoms with van der Waals surface area (Å²) in [5.74, 6) is 0.888. The van der Waals surface area contributed by atoms with Crippen LogP contribution in [0.2, 0.25) is 0 Å². The number of ether oxygens (including phenoxy) is 1. The van der Waals surface area contributed by atoms with E-state index < -0.39 is 0 Å². The normalized spacial score (nSPS) is 12.9. The molecule has 1 aromatic carbocycles. The van der Waals surface area contributed by atoms with Gasteiger partial charge < -0.3 is 4.74 Å². The van der Waals surface area contributed by atoms with Crippen molar-refractivity contribution in [1.29, 1.82) is 0 Å². The number of hydrogen-bond acceptors (Lipinski definition) is 3. The second-order valence-electron chi connectivity index (χ2n) is 7.88. The lowest BCUT2D eigenvalue weighted by atomic mass is 9.87. The van der Waals surface area contributed by atoms with E-state index >= 15 is 0 Å². The third kappa shape index (κ3) is 4.37. The van der Waals surface area contributed by atoms with Crippen LogP contribution in [0.25, 0.3) is 0 Å². The van der Waals surface area contributed by atoms with Crippen molar-refractivity contribution in [3.8, 4) is 5.75 Å². The van der Waals surface area contributed by atoms with Gasteiger partial charge >= 0.3 is 0 Å². The standard InChI is InChI=1S/C21H29BrN2O2/c1-8-13(2)20-14(3)23-24(15(20)4)19(25)12-26-18-10-9-16(11-17(18)22)21(5,6)7/h9-11,13H,8,12H2,1-7H3. The number of aromatic nitrogens is 2. The molecule has 1 atom stereocenters. The predicted octanol–water partition coefficient (Wildman–Crippen LogP) is 5.79. The third-order valence-electron chi connectivity index (χ3n) is 4.84. The molecule has 0 saturated heterocycles. The van der Waals surface area contributed by atoms with Crippen molar-refractivity contribution in [2.24, 2.45) is 0 Å². The third-order valence-corrected chi connectivity index (χ3v) is 5.46. The summed E-state index contributed by atoms with van der Waals surface area (Å²) < 4.78 is 8.09.